The lowest BCUT2D eigenvalue weighted by molar-refractivity contribution is 0.553. The summed E-state index contributed by atoms with van der Waals surface area (Å²) in [7, 11) is 0. The molecular formula is C28H32Cl2N6. The molecule has 0 saturated heterocycles. The van der Waals surface area contributed by atoms with Crippen LogP contribution in [0.4, 0.5) is 11.6 Å². The Morgan fingerprint density at radius 2 is 1.31 bits per heavy atom. The summed E-state index contributed by atoms with van der Waals surface area (Å²) in [6.45, 7) is 14.5. The number of halogens is 2. The van der Waals surface area contributed by atoms with Crippen molar-refractivity contribution in [3.05, 3.63) is 81.6 Å². The highest BCUT2D eigenvalue weighted by atomic mass is 35.5. The fraction of sp³-hybridized carbons (Fsp3) is 0.357. The van der Waals surface area contributed by atoms with Gasteiger partial charge in [-0.2, -0.15) is 10.2 Å². The van der Waals surface area contributed by atoms with Crippen molar-refractivity contribution in [2.24, 2.45) is 0 Å². The van der Waals surface area contributed by atoms with Crippen molar-refractivity contribution in [3.8, 4) is 11.4 Å². The highest BCUT2D eigenvalue weighted by molar-refractivity contribution is 6.30. The zero-order valence-corrected chi connectivity index (χ0v) is 23.1. The minimum Gasteiger partial charge on any atom is -0.352 e. The standard InChI is InChI=1S/C28H32Cl2N6/c1-27(2,3)23-15-24(35(32-23)20-11-7-18(29)8-12-20)34-16-22-25(28(4,5)6)33-36(26(22)31-17-34)21-13-9-19(30)10-14-21/h7-15,31H,16-17H2,1-6H3. The van der Waals surface area contributed by atoms with E-state index in [1.807, 2.05) is 57.9 Å². The number of aromatic nitrogens is 4. The van der Waals surface area contributed by atoms with E-state index in [1.165, 1.54) is 5.56 Å². The molecule has 2 aromatic carbocycles. The number of rotatable bonds is 3. The third-order valence-corrected chi connectivity index (χ3v) is 6.91. The lowest BCUT2D eigenvalue weighted by Crippen LogP contribution is -2.36. The van der Waals surface area contributed by atoms with Gasteiger partial charge in [-0.1, -0.05) is 64.7 Å². The van der Waals surface area contributed by atoms with Gasteiger partial charge in [-0.15, -0.1) is 0 Å². The van der Waals surface area contributed by atoms with Crippen LogP contribution in [-0.2, 0) is 17.4 Å². The maximum atomic E-state index is 6.18. The molecule has 0 saturated carbocycles. The summed E-state index contributed by atoms with van der Waals surface area (Å²) in [5.41, 5.74) is 5.03. The van der Waals surface area contributed by atoms with Gasteiger partial charge in [-0.3, -0.25) is 0 Å². The molecule has 0 bridgehead atoms. The molecular weight excluding hydrogens is 491 g/mol. The number of nitrogens with one attached hydrogen (secondary N) is 1. The third kappa shape index (κ3) is 4.60. The molecule has 0 amide bonds. The van der Waals surface area contributed by atoms with Gasteiger partial charge in [0.1, 0.15) is 11.6 Å². The Morgan fingerprint density at radius 1 is 0.750 bits per heavy atom. The highest BCUT2D eigenvalue weighted by Gasteiger charge is 2.33. The molecule has 1 aliphatic heterocycles. The third-order valence-electron chi connectivity index (χ3n) is 6.41. The maximum Gasteiger partial charge on any atom is 0.136 e. The summed E-state index contributed by atoms with van der Waals surface area (Å²) in [5, 5.41) is 15.2. The van der Waals surface area contributed by atoms with Gasteiger partial charge in [-0.05, 0) is 48.5 Å². The first-order valence-electron chi connectivity index (χ1n) is 12.2. The van der Waals surface area contributed by atoms with Crippen molar-refractivity contribution in [2.75, 3.05) is 16.9 Å². The molecule has 1 aliphatic rings. The van der Waals surface area contributed by atoms with E-state index in [0.29, 0.717) is 23.3 Å². The second kappa shape index (κ2) is 8.86. The number of hydrogen-bond acceptors (Lipinski definition) is 4. The number of benzene rings is 2. The predicted octanol–water partition coefficient (Wildman–Crippen LogP) is 7.35. The van der Waals surface area contributed by atoms with Crippen LogP contribution in [0.3, 0.4) is 0 Å². The minimum atomic E-state index is -0.126. The summed E-state index contributed by atoms with van der Waals surface area (Å²) >= 11 is 12.3. The second-order valence-electron chi connectivity index (χ2n) is 11.4. The molecule has 8 heteroatoms. The van der Waals surface area contributed by atoms with Crippen molar-refractivity contribution in [3.63, 3.8) is 0 Å². The zero-order chi connectivity index (χ0) is 25.8. The SMILES string of the molecule is CC(C)(C)c1cc(N2CNc3c(c(C(C)(C)C)nn3-c3ccc(Cl)cc3)C2)n(-c2ccc(Cl)cc2)n1. The molecule has 0 unspecified atom stereocenters. The highest BCUT2D eigenvalue weighted by Crippen LogP contribution is 2.38. The van der Waals surface area contributed by atoms with Gasteiger partial charge in [0.15, 0.2) is 0 Å². The monoisotopic (exact) mass is 522 g/mol. The Hall–Kier alpha value is -2.96. The molecule has 0 radical (unpaired) electrons. The molecule has 0 spiro atoms. The van der Waals surface area contributed by atoms with Crippen LogP contribution in [0, 0.1) is 0 Å². The fourth-order valence-corrected chi connectivity index (χ4v) is 4.72. The Bertz CT molecular complexity index is 1390. The van der Waals surface area contributed by atoms with Gasteiger partial charge < -0.3 is 10.2 Å². The van der Waals surface area contributed by atoms with E-state index in [9.17, 15) is 0 Å². The summed E-state index contributed by atoms with van der Waals surface area (Å²) in [5.74, 6) is 2.05. The molecule has 5 rings (SSSR count). The number of nitrogens with zero attached hydrogens (tertiary/aromatic N) is 5. The van der Waals surface area contributed by atoms with Gasteiger partial charge in [0, 0.05) is 32.5 Å². The van der Waals surface area contributed by atoms with Gasteiger partial charge in [-0.25, -0.2) is 9.36 Å². The minimum absolute atomic E-state index is 0.0865. The Kier molecular flexibility index (Phi) is 6.08. The number of anilines is 2. The first-order valence-corrected chi connectivity index (χ1v) is 12.9. The van der Waals surface area contributed by atoms with E-state index >= 15 is 0 Å². The van der Waals surface area contributed by atoms with Crippen LogP contribution < -0.4 is 10.2 Å². The molecule has 1 N–H and O–H groups in total. The van der Waals surface area contributed by atoms with Crippen LogP contribution >= 0.6 is 23.2 Å². The van der Waals surface area contributed by atoms with Crippen LogP contribution in [0.2, 0.25) is 10.0 Å². The molecule has 188 valence electrons. The van der Waals surface area contributed by atoms with Crippen LogP contribution in [0.1, 0.15) is 58.5 Å². The lowest BCUT2D eigenvalue weighted by Gasteiger charge is -2.32. The van der Waals surface area contributed by atoms with E-state index in [0.717, 1.165) is 34.4 Å². The van der Waals surface area contributed by atoms with Crippen molar-refractivity contribution in [1.29, 1.82) is 0 Å². The average molecular weight is 524 g/mol. The average Bonchev–Trinajstić information content (AvgIpc) is 3.42. The lowest BCUT2D eigenvalue weighted by atomic mass is 9.89. The van der Waals surface area contributed by atoms with E-state index in [4.69, 9.17) is 33.4 Å². The smallest absolute Gasteiger partial charge is 0.136 e. The summed E-state index contributed by atoms with van der Waals surface area (Å²) in [6, 6.07) is 17.8. The zero-order valence-electron chi connectivity index (χ0n) is 21.6. The molecule has 0 fully saturated rings. The van der Waals surface area contributed by atoms with Gasteiger partial charge >= 0.3 is 0 Å². The Morgan fingerprint density at radius 3 is 1.83 bits per heavy atom. The quantitative estimate of drug-likeness (QED) is 0.305. The largest absolute Gasteiger partial charge is 0.352 e. The molecule has 36 heavy (non-hydrogen) atoms. The van der Waals surface area contributed by atoms with Gasteiger partial charge in [0.25, 0.3) is 0 Å². The van der Waals surface area contributed by atoms with E-state index in [2.05, 4.69) is 57.8 Å². The van der Waals surface area contributed by atoms with Crippen LogP contribution in [0.25, 0.3) is 11.4 Å². The molecule has 0 atom stereocenters. The maximum absolute atomic E-state index is 6.18. The normalized spacial score (nSPS) is 14.1. The van der Waals surface area contributed by atoms with Gasteiger partial charge in [0.05, 0.1) is 36.0 Å². The second-order valence-corrected chi connectivity index (χ2v) is 12.2. The van der Waals surface area contributed by atoms with Crippen molar-refractivity contribution in [1.82, 2.24) is 19.6 Å². The summed E-state index contributed by atoms with van der Waals surface area (Å²) in [4.78, 5) is 2.32. The van der Waals surface area contributed by atoms with Crippen LogP contribution in [-0.4, -0.2) is 26.2 Å². The van der Waals surface area contributed by atoms with Crippen molar-refractivity contribution in [2.45, 2.75) is 58.9 Å². The Labute approximate surface area is 222 Å². The predicted molar refractivity (Wildman–Crippen MR) is 149 cm³/mol. The van der Waals surface area contributed by atoms with E-state index in [-0.39, 0.29) is 10.8 Å². The number of hydrogen-bond donors (Lipinski definition) is 1. The summed E-state index contributed by atoms with van der Waals surface area (Å²) < 4.78 is 4.02. The van der Waals surface area contributed by atoms with E-state index < -0.39 is 0 Å². The summed E-state index contributed by atoms with van der Waals surface area (Å²) in [6.07, 6.45) is 0. The first-order chi connectivity index (χ1) is 16.9. The molecule has 2 aromatic heterocycles. The molecule has 4 aromatic rings. The Balaban J connectivity index is 1.60. The molecule has 3 heterocycles. The van der Waals surface area contributed by atoms with Crippen molar-refractivity contribution < 1.29 is 0 Å². The fourth-order valence-electron chi connectivity index (χ4n) is 4.47. The topological polar surface area (TPSA) is 50.9 Å². The van der Waals surface area contributed by atoms with Crippen molar-refractivity contribution >= 4 is 34.8 Å². The molecule has 0 aliphatic carbocycles. The molecule has 6 nitrogen and oxygen atoms in total. The van der Waals surface area contributed by atoms with Crippen LogP contribution in [0.5, 0.6) is 0 Å². The van der Waals surface area contributed by atoms with Crippen LogP contribution in [0.15, 0.2) is 54.6 Å². The van der Waals surface area contributed by atoms with Gasteiger partial charge in [0.2, 0.25) is 0 Å². The first kappa shape index (κ1) is 24.7. The van der Waals surface area contributed by atoms with E-state index in [1.54, 1.807) is 0 Å². The number of fused-ring (bicyclic) bond motifs is 1.